The average Bonchev–Trinajstić information content (AvgIpc) is 2.38. The summed E-state index contributed by atoms with van der Waals surface area (Å²) < 4.78 is 37.4. The van der Waals surface area contributed by atoms with Gasteiger partial charge in [0.05, 0.1) is 5.41 Å². The van der Waals surface area contributed by atoms with Gasteiger partial charge >= 0.3 is 6.18 Å². The van der Waals surface area contributed by atoms with Gasteiger partial charge in [-0.1, -0.05) is 25.3 Å². The normalized spacial score (nSPS) is 19.1. The zero-order valence-electron chi connectivity index (χ0n) is 10.3. The van der Waals surface area contributed by atoms with E-state index in [-0.39, 0.29) is 0 Å². The van der Waals surface area contributed by atoms with Crippen molar-refractivity contribution >= 4 is 5.91 Å². The molecule has 2 rings (SSSR count). The summed E-state index contributed by atoms with van der Waals surface area (Å²) in [6, 6.07) is 2.24. The monoisotopic (exact) mass is 272 g/mol. The standard InChI is InChI=1S/C13H15F3N2O/c14-13(15,16)10-5-4-9(8-18-10)12(11(17)19)6-2-1-3-7-12/h4-5,8H,1-3,6-7H2,(H2,17,19). The van der Waals surface area contributed by atoms with Crippen LogP contribution in [0.4, 0.5) is 13.2 Å². The zero-order valence-corrected chi connectivity index (χ0v) is 10.3. The Balaban J connectivity index is 2.36. The number of pyridine rings is 1. The van der Waals surface area contributed by atoms with Crippen molar-refractivity contribution in [2.45, 2.75) is 43.7 Å². The van der Waals surface area contributed by atoms with Crippen molar-refractivity contribution in [2.24, 2.45) is 5.73 Å². The van der Waals surface area contributed by atoms with Crippen LogP contribution in [0.25, 0.3) is 0 Å². The van der Waals surface area contributed by atoms with E-state index in [1.165, 1.54) is 6.07 Å². The van der Waals surface area contributed by atoms with Crippen LogP contribution in [0, 0.1) is 0 Å². The maximum atomic E-state index is 12.5. The predicted octanol–water partition coefficient (Wildman–Crippen LogP) is 2.79. The van der Waals surface area contributed by atoms with Gasteiger partial charge in [-0.3, -0.25) is 9.78 Å². The summed E-state index contributed by atoms with van der Waals surface area (Å²) in [5.41, 5.74) is 4.16. The highest BCUT2D eigenvalue weighted by Crippen LogP contribution is 2.39. The van der Waals surface area contributed by atoms with Crippen LogP contribution in [0.5, 0.6) is 0 Å². The lowest BCUT2D eigenvalue weighted by Gasteiger charge is -2.34. The third-order valence-electron chi connectivity index (χ3n) is 3.79. The van der Waals surface area contributed by atoms with Crippen LogP contribution >= 0.6 is 0 Å². The third kappa shape index (κ3) is 2.57. The highest BCUT2D eigenvalue weighted by molar-refractivity contribution is 5.86. The number of hydrogen-bond donors (Lipinski definition) is 1. The summed E-state index contributed by atoms with van der Waals surface area (Å²) in [5.74, 6) is -0.478. The van der Waals surface area contributed by atoms with Crippen molar-refractivity contribution in [3.05, 3.63) is 29.6 Å². The number of alkyl halides is 3. The average molecular weight is 272 g/mol. The molecule has 0 spiro atoms. The number of primary amides is 1. The van der Waals surface area contributed by atoms with Crippen molar-refractivity contribution < 1.29 is 18.0 Å². The summed E-state index contributed by atoms with van der Waals surface area (Å²) in [5, 5.41) is 0. The molecule has 1 fully saturated rings. The lowest BCUT2D eigenvalue weighted by Crippen LogP contribution is -2.42. The van der Waals surface area contributed by atoms with Gasteiger partial charge in [-0.25, -0.2) is 0 Å². The third-order valence-corrected chi connectivity index (χ3v) is 3.79. The summed E-state index contributed by atoms with van der Waals surface area (Å²) in [6.45, 7) is 0. The van der Waals surface area contributed by atoms with Gasteiger partial charge in [-0.2, -0.15) is 13.2 Å². The van der Waals surface area contributed by atoms with Crippen LogP contribution in [0.1, 0.15) is 43.4 Å². The number of nitrogens with two attached hydrogens (primary N) is 1. The van der Waals surface area contributed by atoms with E-state index in [0.717, 1.165) is 31.5 Å². The van der Waals surface area contributed by atoms with Gasteiger partial charge in [0.1, 0.15) is 5.69 Å². The van der Waals surface area contributed by atoms with E-state index in [1.807, 2.05) is 0 Å². The number of carbonyl (C=O) groups is 1. The number of nitrogens with zero attached hydrogens (tertiary/aromatic N) is 1. The van der Waals surface area contributed by atoms with Crippen molar-refractivity contribution in [1.29, 1.82) is 0 Å². The molecule has 1 heterocycles. The van der Waals surface area contributed by atoms with E-state index in [0.29, 0.717) is 18.4 Å². The molecular formula is C13H15F3N2O. The smallest absolute Gasteiger partial charge is 0.369 e. The van der Waals surface area contributed by atoms with E-state index in [1.54, 1.807) is 0 Å². The van der Waals surface area contributed by atoms with E-state index in [2.05, 4.69) is 4.98 Å². The molecule has 0 bridgehead atoms. The Hall–Kier alpha value is -1.59. The fourth-order valence-electron chi connectivity index (χ4n) is 2.68. The first-order valence-corrected chi connectivity index (χ1v) is 6.20. The largest absolute Gasteiger partial charge is 0.433 e. The van der Waals surface area contributed by atoms with E-state index < -0.39 is 23.2 Å². The van der Waals surface area contributed by atoms with Crippen LogP contribution in [-0.4, -0.2) is 10.9 Å². The molecular weight excluding hydrogens is 257 g/mol. The fraction of sp³-hybridized carbons (Fsp3) is 0.538. The van der Waals surface area contributed by atoms with Crippen LogP contribution < -0.4 is 5.73 Å². The SMILES string of the molecule is NC(=O)C1(c2ccc(C(F)(F)F)nc2)CCCCC1. The molecule has 0 saturated heterocycles. The van der Waals surface area contributed by atoms with Crippen LogP contribution in [-0.2, 0) is 16.4 Å². The van der Waals surface area contributed by atoms with Crippen molar-refractivity contribution in [3.63, 3.8) is 0 Å². The number of amides is 1. The van der Waals surface area contributed by atoms with Gasteiger partial charge in [0, 0.05) is 6.20 Å². The molecule has 1 amide bonds. The summed E-state index contributed by atoms with van der Waals surface area (Å²) in [7, 11) is 0. The quantitative estimate of drug-likeness (QED) is 0.900. The van der Waals surface area contributed by atoms with Gasteiger partial charge in [0.25, 0.3) is 0 Å². The molecule has 2 N–H and O–H groups in total. The Bertz CT molecular complexity index is 462. The summed E-state index contributed by atoms with van der Waals surface area (Å²) >= 11 is 0. The highest BCUT2D eigenvalue weighted by atomic mass is 19.4. The molecule has 104 valence electrons. The van der Waals surface area contributed by atoms with Gasteiger partial charge in [0.2, 0.25) is 5.91 Å². The molecule has 0 atom stereocenters. The molecule has 0 unspecified atom stereocenters. The van der Waals surface area contributed by atoms with Gasteiger partial charge in [-0.15, -0.1) is 0 Å². The molecule has 0 aliphatic heterocycles. The number of halogens is 3. The first-order chi connectivity index (χ1) is 8.86. The lowest BCUT2D eigenvalue weighted by atomic mass is 9.69. The maximum absolute atomic E-state index is 12.5. The van der Waals surface area contributed by atoms with Crippen LogP contribution in [0.15, 0.2) is 18.3 Å². The lowest BCUT2D eigenvalue weighted by molar-refractivity contribution is -0.141. The number of hydrogen-bond acceptors (Lipinski definition) is 2. The molecule has 19 heavy (non-hydrogen) atoms. The second kappa shape index (κ2) is 4.83. The molecule has 0 radical (unpaired) electrons. The Morgan fingerprint density at radius 1 is 1.21 bits per heavy atom. The molecule has 0 aromatic carbocycles. The van der Waals surface area contributed by atoms with Crippen molar-refractivity contribution in [3.8, 4) is 0 Å². The van der Waals surface area contributed by atoms with E-state index in [9.17, 15) is 18.0 Å². The van der Waals surface area contributed by atoms with Crippen molar-refractivity contribution in [1.82, 2.24) is 4.98 Å². The molecule has 1 aromatic rings. The minimum Gasteiger partial charge on any atom is -0.369 e. The predicted molar refractivity (Wildman–Crippen MR) is 63.2 cm³/mol. The molecule has 1 aromatic heterocycles. The Morgan fingerprint density at radius 3 is 2.26 bits per heavy atom. The molecule has 1 saturated carbocycles. The minimum absolute atomic E-state index is 0.478. The molecule has 6 heteroatoms. The first kappa shape index (κ1) is 13.8. The van der Waals surface area contributed by atoms with Gasteiger partial charge < -0.3 is 5.73 Å². The molecule has 3 nitrogen and oxygen atoms in total. The van der Waals surface area contributed by atoms with E-state index in [4.69, 9.17) is 5.73 Å². The molecule has 1 aliphatic rings. The fourth-order valence-corrected chi connectivity index (χ4v) is 2.68. The van der Waals surface area contributed by atoms with Crippen LogP contribution in [0.2, 0.25) is 0 Å². The van der Waals surface area contributed by atoms with Crippen molar-refractivity contribution in [2.75, 3.05) is 0 Å². The topological polar surface area (TPSA) is 56.0 Å². The molecule has 1 aliphatic carbocycles. The Morgan fingerprint density at radius 2 is 1.84 bits per heavy atom. The van der Waals surface area contributed by atoms with Crippen LogP contribution in [0.3, 0.4) is 0 Å². The summed E-state index contributed by atoms with van der Waals surface area (Å²) in [6.07, 6.45) is 0.547. The number of aromatic nitrogens is 1. The Labute approximate surface area is 109 Å². The zero-order chi connectivity index (χ0) is 14.1. The second-order valence-corrected chi connectivity index (χ2v) is 4.94. The maximum Gasteiger partial charge on any atom is 0.433 e. The second-order valence-electron chi connectivity index (χ2n) is 4.94. The Kier molecular flexibility index (Phi) is 3.52. The summed E-state index contributed by atoms with van der Waals surface area (Å²) in [4.78, 5) is 15.2. The first-order valence-electron chi connectivity index (χ1n) is 6.20. The van der Waals surface area contributed by atoms with Gasteiger partial charge in [0.15, 0.2) is 0 Å². The highest BCUT2D eigenvalue weighted by Gasteiger charge is 2.40. The van der Waals surface area contributed by atoms with E-state index >= 15 is 0 Å². The van der Waals surface area contributed by atoms with Gasteiger partial charge in [-0.05, 0) is 24.5 Å². The minimum atomic E-state index is -4.47. The number of rotatable bonds is 2. The number of carbonyl (C=O) groups excluding carboxylic acids is 1.